The lowest BCUT2D eigenvalue weighted by Gasteiger charge is -2.09. The van der Waals surface area contributed by atoms with Crippen LogP contribution >= 0.6 is 0 Å². The third-order valence-corrected chi connectivity index (χ3v) is 4.11. The molecule has 17 heavy (non-hydrogen) atoms. The predicted molar refractivity (Wildman–Crippen MR) is 61.0 cm³/mol. The summed E-state index contributed by atoms with van der Waals surface area (Å²) in [6.45, 7) is 1.46. The summed E-state index contributed by atoms with van der Waals surface area (Å²) in [4.78, 5) is 22.4. The Labute approximate surface area is 101 Å². The van der Waals surface area contributed by atoms with Crippen LogP contribution in [0.25, 0.3) is 0 Å². The van der Waals surface area contributed by atoms with Crippen molar-refractivity contribution in [3.05, 3.63) is 0 Å². The number of rotatable bonds is 6. The van der Waals surface area contributed by atoms with Crippen molar-refractivity contribution in [3.63, 3.8) is 0 Å². The molecule has 0 heterocycles. The molecule has 1 saturated carbocycles. The summed E-state index contributed by atoms with van der Waals surface area (Å²) in [5.74, 6) is -2.76. The van der Waals surface area contributed by atoms with Gasteiger partial charge in [0.25, 0.3) is 0 Å². The summed E-state index contributed by atoms with van der Waals surface area (Å²) >= 11 is 0. The summed E-state index contributed by atoms with van der Waals surface area (Å²) in [6.07, 6.45) is 1.81. The Balaban J connectivity index is 2.44. The first-order chi connectivity index (χ1) is 7.84. The number of carbonyl (C=O) groups excluding carboxylic acids is 2. The number of ether oxygens (including phenoxy) is 1. The molecule has 1 aliphatic rings. The molecule has 1 rings (SSSR count). The first-order valence-electron chi connectivity index (χ1n) is 5.41. The zero-order valence-corrected chi connectivity index (χ0v) is 10.7. The van der Waals surface area contributed by atoms with Crippen LogP contribution in [-0.2, 0) is 24.2 Å². The maximum absolute atomic E-state index is 11.6. The molecule has 0 radical (unpaired) electrons. The van der Waals surface area contributed by atoms with Crippen molar-refractivity contribution in [1.82, 2.24) is 5.32 Å². The fraction of sp³-hybridized carbons (Fsp3) is 0.800. The number of nitrogens with one attached hydrogen (secondary N) is 1. The normalized spacial score (nSPS) is 17.3. The van der Waals surface area contributed by atoms with Gasteiger partial charge in [0.2, 0.25) is 5.91 Å². The zero-order chi connectivity index (χ0) is 13.1. The molecule has 0 saturated heterocycles. The number of esters is 1. The molecular formula is C10H17NO5S. The second-order valence-electron chi connectivity index (χ2n) is 4.32. The lowest BCUT2D eigenvalue weighted by molar-refractivity contribution is -0.144. The van der Waals surface area contributed by atoms with E-state index in [2.05, 4.69) is 10.1 Å². The molecule has 1 atom stereocenters. The van der Waals surface area contributed by atoms with Crippen LogP contribution in [0.3, 0.4) is 0 Å². The van der Waals surface area contributed by atoms with E-state index in [1.165, 1.54) is 14.0 Å². The van der Waals surface area contributed by atoms with Gasteiger partial charge in [0.15, 0.2) is 9.84 Å². The van der Waals surface area contributed by atoms with Crippen LogP contribution in [0.5, 0.6) is 0 Å². The minimum atomic E-state index is -3.57. The van der Waals surface area contributed by atoms with Crippen LogP contribution in [0.1, 0.15) is 19.8 Å². The molecule has 1 fully saturated rings. The molecule has 0 spiro atoms. The minimum Gasteiger partial charge on any atom is -0.469 e. The Morgan fingerprint density at radius 2 is 2.00 bits per heavy atom. The highest BCUT2D eigenvalue weighted by atomic mass is 32.2. The summed E-state index contributed by atoms with van der Waals surface area (Å²) in [5.41, 5.74) is 0. The lowest BCUT2D eigenvalue weighted by atomic mass is 10.2. The van der Waals surface area contributed by atoms with Crippen molar-refractivity contribution in [2.24, 2.45) is 5.92 Å². The first-order valence-corrected chi connectivity index (χ1v) is 7.24. The molecular weight excluding hydrogens is 246 g/mol. The summed E-state index contributed by atoms with van der Waals surface area (Å²) in [6, 6.07) is 0.135. The third-order valence-electron chi connectivity index (χ3n) is 2.40. The van der Waals surface area contributed by atoms with Gasteiger partial charge in [0.1, 0.15) is 5.75 Å². The molecule has 1 N–H and O–H groups in total. The lowest BCUT2D eigenvalue weighted by Crippen LogP contribution is -2.34. The number of hydrogen-bond acceptors (Lipinski definition) is 5. The number of sulfone groups is 1. The van der Waals surface area contributed by atoms with Gasteiger partial charge < -0.3 is 10.1 Å². The van der Waals surface area contributed by atoms with Gasteiger partial charge in [-0.15, -0.1) is 0 Å². The zero-order valence-electron chi connectivity index (χ0n) is 9.93. The molecule has 0 aromatic heterocycles. The monoisotopic (exact) mass is 263 g/mol. The molecule has 0 aromatic carbocycles. The molecule has 1 unspecified atom stereocenters. The van der Waals surface area contributed by atoms with Crippen molar-refractivity contribution < 1.29 is 22.7 Å². The maximum Gasteiger partial charge on any atom is 0.309 e. The Morgan fingerprint density at radius 1 is 1.41 bits per heavy atom. The summed E-state index contributed by atoms with van der Waals surface area (Å²) < 4.78 is 27.6. The van der Waals surface area contributed by atoms with Gasteiger partial charge in [-0.1, -0.05) is 6.92 Å². The highest BCUT2D eigenvalue weighted by Crippen LogP contribution is 2.18. The standard InChI is InChI=1S/C10H17NO5S/c1-7(10(13)16-2)5-17(14,15)6-9(12)11-8-3-4-8/h7-8H,3-6H2,1-2H3,(H,11,12). The van der Waals surface area contributed by atoms with Crippen LogP contribution in [-0.4, -0.2) is 45.0 Å². The Morgan fingerprint density at radius 3 is 2.47 bits per heavy atom. The smallest absolute Gasteiger partial charge is 0.309 e. The van der Waals surface area contributed by atoms with Crippen molar-refractivity contribution in [2.75, 3.05) is 18.6 Å². The van der Waals surface area contributed by atoms with Crippen LogP contribution in [0.15, 0.2) is 0 Å². The van der Waals surface area contributed by atoms with Gasteiger partial charge >= 0.3 is 5.97 Å². The molecule has 6 nitrogen and oxygen atoms in total. The van der Waals surface area contributed by atoms with E-state index in [4.69, 9.17) is 0 Å². The average Bonchev–Trinajstić information content (AvgIpc) is 2.98. The molecule has 0 bridgehead atoms. The second kappa shape index (κ2) is 5.48. The van der Waals surface area contributed by atoms with Gasteiger partial charge in [-0.3, -0.25) is 9.59 Å². The number of carbonyl (C=O) groups is 2. The Hall–Kier alpha value is -1.11. The van der Waals surface area contributed by atoms with E-state index in [1.807, 2.05) is 0 Å². The van der Waals surface area contributed by atoms with E-state index in [-0.39, 0.29) is 11.8 Å². The van der Waals surface area contributed by atoms with E-state index in [0.29, 0.717) is 0 Å². The van der Waals surface area contributed by atoms with Crippen LogP contribution in [0.4, 0.5) is 0 Å². The van der Waals surface area contributed by atoms with Gasteiger partial charge in [-0.05, 0) is 12.8 Å². The SMILES string of the molecule is COC(=O)C(C)CS(=O)(=O)CC(=O)NC1CC1. The Bertz CT molecular complexity index is 399. The van der Waals surface area contributed by atoms with Crippen molar-refractivity contribution in [2.45, 2.75) is 25.8 Å². The van der Waals surface area contributed by atoms with Gasteiger partial charge in [-0.25, -0.2) is 8.42 Å². The summed E-state index contributed by atoms with van der Waals surface area (Å²) in [5, 5.41) is 2.59. The first kappa shape index (κ1) is 14.0. The van der Waals surface area contributed by atoms with E-state index in [0.717, 1.165) is 12.8 Å². The fourth-order valence-electron chi connectivity index (χ4n) is 1.41. The van der Waals surface area contributed by atoms with E-state index < -0.39 is 33.4 Å². The molecule has 98 valence electrons. The van der Waals surface area contributed by atoms with Crippen LogP contribution in [0.2, 0.25) is 0 Å². The van der Waals surface area contributed by atoms with Crippen LogP contribution < -0.4 is 5.32 Å². The highest BCUT2D eigenvalue weighted by molar-refractivity contribution is 7.92. The van der Waals surface area contributed by atoms with Crippen molar-refractivity contribution >= 4 is 21.7 Å². The van der Waals surface area contributed by atoms with Gasteiger partial charge in [0, 0.05) is 6.04 Å². The number of methoxy groups -OCH3 is 1. The minimum absolute atomic E-state index is 0.135. The average molecular weight is 263 g/mol. The van der Waals surface area contributed by atoms with Crippen molar-refractivity contribution in [3.8, 4) is 0 Å². The summed E-state index contributed by atoms with van der Waals surface area (Å²) in [7, 11) is -2.37. The number of amides is 1. The number of hydrogen-bond donors (Lipinski definition) is 1. The topological polar surface area (TPSA) is 89.5 Å². The molecule has 0 aliphatic heterocycles. The molecule has 1 amide bonds. The van der Waals surface area contributed by atoms with Gasteiger partial charge in [-0.2, -0.15) is 0 Å². The largest absolute Gasteiger partial charge is 0.469 e. The fourth-order valence-corrected chi connectivity index (χ4v) is 2.90. The van der Waals surface area contributed by atoms with E-state index in [9.17, 15) is 18.0 Å². The van der Waals surface area contributed by atoms with Crippen LogP contribution in [0, 0.1) is 5.92 Å². The maximum atomic E-state index is 11.6. The highest BCUT2D eigenvalue weighted by Gasteiger charge is 2.28. The molecule has 7 heteroatoms. The third kappa shape index (κ3) is 5.16. The van der Waals surface area contributed by atoms with Gasteiger partial charge in [0.05, 0.1) is 18.8 Å². The van der Waals surface area contributed by atoms with Crippen molar-refractivity contribution in [1.29, 1.82) is 0 Å². The Kier molecular flexibility index (Phi) is 4.50. The quantitative estimate of drug-likeness (QED) is 0.652. The van der Waals surface area contributed by atoms with E-state index >= 15 is 0 Å². The molecule has 1 aliphatic carbocycles. The predicted octanol–water partition coefficient (Wildman–Crippen LogP) is -0.511. The van der Waals surface area contributed by atoms with E-state index in [1.54, 1.807) is 0 Å². The second-order valence-corrected chi connectivity index (χ2v) is 6.43. The molecule has 0 aromatic rings.